The molecule has 1 amide bonds. The van der Waals surface area contributed by atoms with E-state index >= 15 is 0 Å². The van der Waals surface area contributed by atoms with Gasteiger partial charge in [-0.3, -0.25) is 9.10 Å². The second-order valence-corrected chi connectivity index (χ2v) is 10.2. The highest BCUT2D eigenvalue weighted by molar-refractivity contribution is 7.92. The van der Waals surface area contributed by atoms with Gasteiger partial charge in [-0.25, -0.2) is 8.42 Å². The van der Waals surface area contributed by atoms with Crippen molar-refractivity contribution >= 4 is 21.6 Å². The van der Waals surface area contributed by atoms with Gasteiger partial charge < -0.3 is 10.1 Å². The minimum Gasteiger partial charge on any atom is -0.492 e. The van der Waals surface area contributed by atoms with Crippen molar-refractivity contribution < 1.29 is 17.9 Å². The molecule has 6 nitrogen and oxygen atoms in total. The summed E-state index contributed by atoms with van der Waals surface area (Å²) in [5, 5.41) is 2.97. The summed E-state index contributed by atoms with van der Waals surface area (Å²) < 4.78 is 34.0. The fourth-order valence-electron chi connectivity index (χ4n) is 3.90. The maximum absolute atomic E-state index is 13.6. The largest absolute Gasteiger partial charge is 0.492 e. The van der Waals surface area contributed by atoms with E-state index in [1.807, 2.05) is 27.7 Å². The molecule has 0 saturated heterocycles. The molecule has 0 heterocycles. The van der Waals surface area contributed by atoms with Crippen molar-refractivity contribution in [1.82, 2.24) is 5.32 Å². The van der Waals surface area contributed by atoms with Gasteiger partial charge in [-0.05, 0) is 81.1 Å². The highest BCUT2D eigenvalue weighted by Crippen LogP contribution is 2.32. The Morgan fingerprint density at radius 2 is 1.56 bits per heavy atom. The van der Waals surface area contributed by atoms with E-state index in [0.29, 0.717) is 18.0 Å². The number of hydrogen-bond acceptors (Lipinski definition) is 4. The smallest absolute Gasteiger partial charge is 0.264 e. The SMILES string of the molecule is CCOc1ccccc1N(CC(=O)NC(C)c1cc(C)c(C)cc1C)S(=O)(=O)c1ccccc1. The fraction of sp³-hybridized carbons (Fsp3) is 0.296. The standard InChI is InChI=1S/C27H32N2O4S/c1-6-33-26-15-11-10-14-25(26)29(34(31,32)23-12-8-7-9-13-23)18-27(30)28-22(5)24-17-20(3)19(2)16-21(24)4/h7-17,22H,6,18H2,1-5H3,(H,28,30). The van der Waals surface area contributed by atoms with Crippen molar-refractivity contribution in [3.63, 3.8) is 0 Å². The van der Waals surface area contributed by atoms with Gasteiger partial charge in [0.05, 0.1) is 23.2 Å². The predicted octanol–water partition coefficient (Wildman–Crippen LogP) is 5.08. The third kappa shape index (κ3) is 5.59. The zero-order valence-corrected chi connectivity index (χ0v) is 21.1. The first-order valence-corrected chi connectivity index (χ1v) is 12.8. The van der Waals surface area contributed by atoms with Crippen LogP contribution in [-0.4, -0.2) is 27.5 Å². The van der Waals surface area contributed by atoms with Crippen LogP contribution in [0.15, 0.2) is 71.6 Å². The summed E-state index contributed by atoms with van der Waals surface area (Å²) in [5.41, 5.74) is 4.72. The first kappa shape index (κ1) is 25.3. The van der Waals surface area contributed by atoms with Gasteiger partial charge in [0.1, 0.15) is 12.3 Å². The lowest BCUT2D eigenvalue weighted by Crippen LogP contribution is -2.41. The normalized spacial score (nSPS) is 12.1. The molecule has 0 fully saturated rings. The zero-order valence-electron chi connectivity index (χ0n) is 20.3. The van der Waals surface area contributed by atoms with Gasteiger partial charge in [0.15, 0.2) is 0 Å². The summed E-state index contributed by atoms with van der Waals surface area (Å²) in [5.74, 6) is -0.00806. The Hall–Kier alpha value is -3.32. The molecule has 0 saturated carbocycles. The number of sulfonamides is 1. The van der Waals surface area contributed by atoms with Crippen molar-refractivity contribution in [1.29, 1.82) is 0 Å². The number of anilines is 1. The average molecular weight is 481 g/mol. The molecular formula is C27H32N2O4S. The summed E-state index contributed by atoms with van der Waals surface area (Å²) in [6.45, 7) is 9.81. The summed E-state index contributed by atoms with van der Waals surface area (Å²) in [6.07, 6.45) is 0. The van der Waals surface area contributed by atoms with Crippen LogP contribution in [0.1, 0.15) is 42.1 Å². The Bertz CT molecular complexity index is 1260. The number of rotatable bonds is 9. The van der Waals surface area contributed by atoms with Crippen molar-refractivity contribution in [2.24, 2.45) is 0 Å². The molecule has 0 radical (unpaired) electrons. The van der Waals surface area contributed by atoms with Crippen LogP contribution in [-0.2, 0) is 14.8 Å². The number of benzene rings is 3. The zero-order chi connectivity index (χ0) is 24.9. The molecule has 3 rings (SSSR count). The number of aryl methyl sites for hydroxylation is 3. The Morgan fingerprint density at radius 3 is 2.24 bits per heavy atom. The molecule has 1 unspecified atom stereocenters. The van der Waals surface area contributed by atoms with Crippen LogP contribution in [0.2, 0.25) is 0 Å². The Kier molecular flexibility index (Phi) is 7.99. The minimum atomic E-state index is -4.02. The molecule has 0 bridgehead atoms. The Balaban J connectivity index is 1.95. The number of amides is 1. The van der Waals surface area contributed by atoms with Gasteiger partial charge >= 0.3 is 0 Å². The summed E-state index contributed by atoms with van der Waals surface area (Å²) in [7, 11) is -4.02. The fourth-order valence-corrected chi connectivity index (χ4v) is 5.36. The van der Waals surface area contributed by atoms with Crippen LogP contribution < -0.4 is 14.4 Å². The molecule has 0 spiro atoms. The molecule has 0 aromatic heterocycles. The second-order valence-electron chi connectivity index (χ2n) is 8.31. The second kappa shape index (κ2) is 10.7. The molecule has 0 aliphatic heterocycles. The van der Waals surface area contributed by atoms with Crippen LogP contribution in [0.25, 0.3) is 0 Å². The number of carbonyl (C=O) groups excluding carboxylic acids is 1. The lowest BCUT2D eigenvalue weighted by Gasteiger charge is -2.27. The lowest BCUT2D eigenvalue weighted by atomic mass is 9.96. The summed E-state index contributed by atoms with van der Waals surface area (Å²) in [6, 6.07) is 18.8. The molecule has 3 aromatic rings. The predicted molar refractivity (Wildman–Crippen MR) is 136 cm³/mol. The van der Waals surface area contributed by atoms with E-state index in [-0.39, 0.29) is 17.5 Å². The first-order valence-electron chi connectivity index (χ1n) is 11.3. The average Bonchev–Trinajstić information content (AvgIpc) is 2.81. The molecule has 3 aromatic carbocycles. The van der Waals surface area contributed by atoms with Crippen molar-refractivity contribution in [3.8, 4) is 5.75 Å². The molecular weight excluding hydrogens is 448 g/mol. The number of nitrogens with zero attached hydrogens (tertiary/aromatic N) is 1. The van der Waals surface area contributed by atoms with E-state index in [1.54, 1.807) is 42.5 Å². The number of hydrogen-bond donors (Lipinski definition) is 1. The van der Waals surface area contributed by atoms with Crippen LogP contribution in [0.4, 0.5) is 5.69 Å². The van der Waals surface area contributed by atoms with E-state index < -0.39 is 15.9 Å². The van der Waals surface area contributed by atoms with Crippen LogP contribution >= 0.6 is 0 Å². The van der Waals surface area contributed by atoms with Crippen LogP contribution in [0, 0.1) is 20.8 Å². The molecule has 7 heteroatoms. The maximum atomic E-state index is 13.6. The number of carbonyl (C=O) groups is 1. The molecule has 1 N–H and O–H groups in total. The van der Waals surface area contributed by atoms with E-state index in [1.165, 1.54) is 17.7 Å². The Morgan fingerprint density at radius 1 is 0.941 bits per heavy atom. The van der Waals surface area contributed by atoms with Crippen molar-refractivity contribution in [2.75, 3.05) is 17.5 Å². The van der Waals surface area contributed by atoms with Gasteiger partial charge in [-0.1, -0.05) is 42.5 Å². The van der Waals surface area contributed by atoms with Gasteiger partial charge in [0.25, 0.3) is 10.0 Å². The number of para-hydroxylation sites is 2. The lowest BCUT2D eigenvalue weighted by molar-refractivity contribution is -0.120. The van der Waals surface area contributed by atoms with E-state index in [0.717, 1.165) is 21.0 Å². The van der Waals surface area contributed by atoms with Gasteiger partial charge in [-0.2, -0.15) is 0 Å². The van der Waals surface area contributed by atoms with E-state index in [9.17, 15) is 13.2 Å². The summed E-state index contributed by atoms with van der Waals surface area (Å²) >= 11 is 0. The molecule has 0 aliphatic carbocycles. The molecule has 1 atom stereocenters. The first-order chi connectivity index (χ1) is 16.1. The third-order valence-electron chi connectivity index (χ3n) is 5.78. The minimum absolute atomic E-state index is 0.104. The molecule has 180 valence electrons. The van der Waals surface area contributed by atoms with E-state index in [4.69, 9.17) is 4.74 Å². The van der Waals surface area contributed by atoms with Gasteiger partial charge in [0.2, 0.25) is 5.91 Å². The number of ether oxygens (including phenoxy) is 1. The number of nitrogens with one attached hydrogen (secondary N) is 1. The topological polar surface area (TPSA) is 75.7 Å². The Labute approximate surface area is 202 Å². The van der Waals surface area contributed by atoms with Crippen LogP contribution in [0.5, 0.6) is 5.75 Å². The molecule has 34 heavy (non-hydrogen) atoms. The molecule has 0 aliphatic rings. The van der Waals surface area contributed by atoms with Gasteiger partial charge in [0, 0.05) is 0 Å². The highest BCUT2D eigenvalue weighted by atomic mass is 32.2. The quantitative estimate of drug-likeness (QED) is 0.463. The van der Waals surface area contributed by atoms with Crippen molar-refractivity contribution in [3.05, 3.63) is 89.0 Å². The summed E-state index contributed by atoms with van der Waals surface area (Å²) in [4.78, 5) is 13.3. The third-order valence-corrected chi connectivity index (χ3v) is 7.55. The van der Waals surface area contributed by atoms with Crippen LogP contribution in [0.3, 0.4) is 0 Å². The van der Waals surface area contributed by atoms with Crippen molar-refractivity contribution in [2.45, 2.75) is 45.6 Å². The monoisotopic (exact) mass is 480 g/mol. The van der Waals surface area contributed by atoms with E-state index in [2.05, 4.69) is 24.4 Å². The maximum Gasteiger partial charge on any atom is 0.264 e. The highest BCUT2D eigenvalue weighted by Gasteiger charge is 2.29. The van der Waals surface area contributed by atoms with Gasteiger partial charge in [-0.15, -0.1) is 0 Å².